The van der Waals surface area contributed by atoms with Gasteiger partial charge in [0, 0.05) is 17.8 Å². The highest BCUT2D eigenvalue weighted by Crippen LogP contribution is 2.22. The number of ketones is 1. The summed E-state index contributed by atoms with van der Waals surface area (Å²) < 4.78 is 18.9. The highest BCUT2D eigenvalue weighted by atomic mass is 19.1. The Hall–Kier alpha value is -2.47. The van der Waals surface area contributed by atoms with Gasteiger partial charge in [0.25, 0.3) is 0 Å². The summed E-state index contributed by atoms with van der Waals surface area (Å²) in [5.74, 6) is -0.888. The number of hydrogen-bond donors (Lipinski definition) is 1. The maximum atomic E-state index is 13.9. The summed E-state index contributed by atoms with van der Waals surface area (Å²) in [5, 5.41) is 0. The summed E-state index contributed by atoms with van der Waals surface area (Å²) >= 11 is 0. The molecule has 1 aromatic carbocycles. The van der Waals surface area contributed by atoms with Gasteiger partial charge in [-0.1, -0.05) is 18.2 Å². The lowest BCUT2D eigenvalue weighted by atomic mass is 10.0. The monoisotopic (exact) mass is 360 g/mol. The van der Waals surface area contributed by atoms with Crippen LogP contribution in [-0.2, 0) is 11.3 Å². The number of hydrogen-bond acceptors (Lipinski definition) is 4. The van der Waals surface area contributed by atoms with Crippen LogP contribution in [0.25, 0.3) is 0 Å². The van der Waals surface area contributed by atoms with Crippen LogP contribution in [0.3, 0.4) is 0 Å². The molecule has 0 saturated carbocycles. The van der Waals surface area contributed by atoms with Crippen molar-refractivity contribution in [1.29, 1.82) is 0 Å². The van der Waals surface area contributed by atoms with E-state index in [4.69, 9.17) is 4.74 Å². The van der Waals surface area contributed by atoms with E-state index < -0.39 is 12.0 Å². The number of nitrogens with one attached hydrogen (secondary N) is 1. The van der Waals surface area contributed by atoms with Crippen LogP contribution in [0, 0.1) is 19.7 Å². The first-order valence-corrected chi connectivity index (χ1v) is 8.62. The lowest BCUT2D eigenvalue weighted by molar-refractivity contribution is 0.0525. The molecule has 140 valence electrons. The van der Waals surface area contributed by atoms with Crippen LogP contribution in [0.4, 0.5) is 4.39 Å². The fourth-order valence-electron chi connectivity index (χ4n) is 2.95. The number of carbonyl (C=O) groups is 2. The zero-order chi connectivity index (χ0) is 19.4. The van der Waals surface area contributed by atoms with Gasteiger partial charge >= 0.3 is 5.97 Å². The number of aromatic amines is 1. The Morgan fingerprint density at radius 1 is 1.27 bits per heavy atom. The van der Waals surface area contributed by atoms with Crippen molar-refractivity contribution in [2.24, 2.45) is 0 Å². The first kappa shape index (κ1) is 19.8. The third kappa shape index (κ3) is 4.02. The Kier molecular flexibility index (Phi) is 6.32. The lowest BCUT2D eigenvalue weighted by Crippen LogP contribution is -2.36. The quantitative estimate of drug-likeness (QED) is 0.605. The van der Waals surface area contributed by atoms with E-state index in [1.165, 1.54) is 6.07 Å². The minimum Gasteiger partial charge on any atom is -0.462 e. The number of Topliss-reactive ketones (excluding diaryl/α,β-unsaturated/α-hetero) is 1. The number of carbonyl (C=O) groups excluding carboxylic acids is 2. The number of esters is 1. The standard InChI is InChI=1S/C20H25FN2O3/c1-6-26-20(25)17-12(2)18(22-13(17)3)19(24)14(4)23(5)11-15-9-7-8-10-16(15)21/h7-10,14,22H,6,11H2,1-5H3/t14-/m1/s1. The highest BCUT2D eigenvalue weighted by Gasteiger charge is 2.27. The number of aromatic nitrogens is 1. The smallest absolute Gasteiger partial charge is 0.340 e. The number of rotatable bonds is 7. The molecule has 0 aliphatic heterocycles. The molecule has 0 unspecified atom stereocenters. The van der Waals surface area contributed by atoms with Gasteiger partial charge in [-0.25, -0.2) is 9.18 Å². The lowest BCUT2D eigenvalue weighted by Gasteiger charge is -2.23. The Labute approximate surface area is 153 Å². The molecular weight excluding hydrogens is 335 g/mol. The van der Waals surface area contributed by atoms with E-state index in [2.05, 4.69) is 4.98 Å². The van der Waals surface area contributed by atoms with E-state index in [9.17, 15) is 14.0 Å². The Balaban J connectivity index is 2.21. The summed E-state index contributed by atoms with van der Waals surface area (Å²) in [5.41, 5.74) is 2.50. The zero-order valence-electron chi connectivity index (χ0n) is 15.9. The minimum absolute atomic E-state index is 0.153. The van der Waals surface area contributed by atoms with E-state index in [1.807, 2.05) is 0 Å². The Bertz CT molecular complexity index is 813. The van der Waals surface area contributed by atoms with Crippen molar-refractivity contribution in [3.63, 3.8) is 0 Å². The molecule has 1 atom stereocenters. The molecule has 5 nitrogen and oxygen atoms in total. The Morgan fingerprint density at radius 3 is 2.54 bits per heavy atom. The van der Waals surface area contributed by atoms with Gasteiger partial charge in [0.1, 0.15) is 5.82 Å². The average Bonchev–Trinajstić information content (AvgIpc) is 2.90. The summed E-state index contributed by atoms with van der Waals surface area (Å²) in [6.45, 7) is 7.55. The summed E-state index contributed by atoms with van der Waals surface area (Å²) in [7, 11) is 1.77. The fourth-order valence-corrected chi connectivity index (χ4v) is 2.95. The highest BCUT2D eigenvalue weighted by molar-refractivity contribution is 6.03. The van der Waals surface area contributed by atoms with Crippen LogP contribution in [0.15, 0.2) is 24.3 Å². The van der Waals surface area contributed by atoms with Gasteiger partial charge < -0.3 is 9.72 Å². The van der Waals surface area contributed by atoms with Crippen molar-refractivity contribution in [2.75, 3.05) is 13.7 Å². The average molecular weight is 360 g/mol. The van der Waals surface area contributed by atoms with Gasteiger partial charge in [0.05, 0.1) is 23.9 Å². The predicted molar refractivity (Wildman–Crippen MR) is 97.9 cm³/mol. The molecule has 0 aliphatic rings. The largest absolute Gasteiger partial charge is 0.462 e. The number of nitrogens with zero attached hydrogens (tertiary/aromatic N) is 1. The van der Waals surface area contributed by atoms with Crippen LogP contribution in [0.2, 0.25) is 0 Å². The second-order valence-electron chi connectivity index (χ2n) is 6.39. The summed E-state index contributed by atoms with van der Waals surface area (Å²) in [6.07, 6.45) is 0. The molecule has 0 radical (unpaired) electrons. The van der Waals surface area contributed by atoms with Gasteiger partial charge in [0.2, 0.25) is 0 Å². The number of ether oxygens (including phenoxy) is 1. The SMILES string of the molecule is CCOC(=O)c1c(C)[nH]c(C(=O)[C@@H](C)N(C)Cc2ccccc2F)c1C. The predicted octanol–water partition coefficient (Wildman–Crippen LogP) is 3.65. The third-order valence-corrected chi connectivity index (χ3v) is 4.58. The summed E-state index contributed by atoms with van der Waals surface area (Å²) in [4.78, 5) is 29.8. The van der Waals surface area contributed by atoms with Crippen LogP contribution in [0.1, 0.15) is 51.5 Å². The van der Waals surface area contributed by atoms with Crippen molar-refractivity contribution in [3.05, 3.63) is 58.2 Å². The van der Waals surface area contributed by atoms with E-state index in [0.717, 1.165) is 0 Å². The Morgan fingerprint density at radius 2 is 1.92 bits per heavy atom. The molecule has 0 spiro atoms. The first-order chi connectivity index (χ1) is 12.3. The second-order valence-corrected chi connectivity index (χ2v) is 6.39. The van der Waals surface area contributed by atoms with Crippen LogP contribution in [-0.4, -0.2) is 41.3 Å². The molecule has 0 saturated heterocycles. The van der Waals surface area contributed by atoms with E-state index in [-0.39, 0.29) is 18.2 Å². The topological polar surface area (TPSA) is 62.4 Å². The summed E-state index contributed by atoms with van der Waals surface area (Å²) in [6, 6.07) is 6.02. The van der Waals surface area contributed by atoms with Crippen molar-refractivity contribution in [3.8, 4) is 0 Å². The number of benzene rings is 1. The van der Waals surface area contributed by atoms with Crippen molar-refractivity contribution in [2.45, 2.75) is 40.3 Å². The molecular formula is C20H25FN2O3. The number of halogens is 1. The van der Waals surface area contributed by atoms with E-state index in [0.29, 0.717) is 34.6 Å². The minimum atomic E-state index is -0.485. The number of aryl methyl sites for hydroxylation is 1. The van der Waals surface area contributed by atoms with Gasteiger partial charge in [-0.2, -0.15) is 0 Å². The molecule has 2 rings (SSSR count). The third-order valence-electron chi connectivity index (χ3n) is 4.58. The molecule has 2 aromatic rings. The van der Waals surface area contributed by atoms with Crippen LogP contribution in [0.5, 0.6) is 0 Å². The molecule has 0 fully saturated rings. The molecule has 26 heavy (non-hydrogen) atoms. The zero-order valence-corrected chi connectivity index (χ0v) is 15.9. The fraction of sp³-hybridized carbons (Fsp3) is 0.400. The van der Waals surface area contributed by atoms with E-state index in [1.54, 1.807) is 57.8 Å². The van der Waals surface area contributed by atoms with Crippen molar-refractivity contribution in [1.82, 2.24) is 9.88 Å². The molecule has 0 amide bonds. The van der Waals surface area contributed by atoms with Crippen molar-refractivity contribution < 1.29 is 18.7 Å². The number of likely N-dealkylation sites (N-methyl/N-ethyl adjacent to an activating group) is 1. The second kappa shape index (κ2) is 8.27. The van der Waals surface area contributed by atoms with Crippen LogP contribution < -0.4 is 0 Å². The van der Waals surface area contributed by atoms with Gasteiger partial charge in [-0.3, -0.25) is 9.69 Å². The molecule has 0 bridgehead atoms. The molecule has 1 aromatic heterocycles. The molecule has 0 aliphatic carbocycles. The van der Waals surface area contributed by atoms with E-state index >= 15 is 0 Å². The van der Waals surface area contributed by atoms with Gasteiger partial charge in [0.15, 0.2) is 5.78 Å². The number of H-pyrrole nitrogens is 1. The molecule has 1 N–H and O–H groups in total. The maximum Gasteiger partial charge on any atom is 0.340 e. The molecule has 1 heterocycles. The first-order valence-electron chi connectivity index (χ1n) is 8.62. The normalized spacial score (nSPS) is 12.3. The van der Waals surface area contributed by atoms with Crippen molar-refractivity contribution >= 4 is 11.8 Å². The van der Waals surface area contributed by atoms with Gasteiger partial charge in [-0.05, 0) is 46.4 Å². The van der Waals surface area contributed by atoms with Gasteiger partial charge in [-0.15, -0.1) is 0 Å². The van der Waals surface area contributed by atoms with Crippen LogP contribution >= 0.6 is 0 Å². The maximum absolute atomic E-state index is 13.9. The molecule has 6 heteroatoms.